The largest absolute Gasteiger partial charge is 0.379 e. The number of nitrogens with zero attached hydrogens (tertiary/aromatic N) is 2. The van der Waals surface area contributed by atoms with E-state index in [2.05, 4.69) is 17.3 Å². The van der Waals surface area contributed by atoms with Crippen LogP contribution in [0.3, 0.4) is 0 Å². The van der Waals surface area contributed by atoms with Crippen molar-refractivity contribution >= 4 is 16.5 Å². The molecule has 2 heterocycles. The zero-order valence-corrected chi connectivity index (χ0v) is 11.9. The van der Waals surface area contributed by atoms with Gasteiger partial charge in [0.15, 0.2) is 5.13 Å². The van der Waals surface area contributed by atoms with Crippen molar-refractivity contribution in [2.75, 3.05) is 32.2 Å². The van der Waals surface area contributed by atoms with Gasteiger partial charge in [0, 0.05) is 24.6 Å². The lowest BCUT2D eigenvalue weighted by Crippen LogP contribution is -2.31. The highest BCUT2D eigenvalue weighted by atomic mass is 32.1. The molecule has 2 unspecified atom stereocenters. The minimum Gasteiger partial charge on any atom is -0.379 e. The first-order chi connectivity index (χ1) is 8.79. The minimum absolute atomic E-state index is 0.505. The molecule has 1 aromatic rings. The second kappa shape index (κ2) is 5.15. The quantitative estimate of drug-likeness (QED) is 0.908. The number of rotatable bonds is 3. The molecule has 0 radical (unpaired) electrons. The number of likely N-dealkylation sites (N-methyl/N-ethyl adjacent to an activating group) is 1. The summed E-state index contributed by atoms with van der Waals surface area (Å²) in [6, 6.07) is 1.01. The Morgan fingerprint density at radius 2 is 2.33 bits per heavy atom. The summed E-state index contributed by atoms with van der Waals surface area (Å²) in [6.07, 6.45) is 4.74. The summed E-state index contributed by atoms with van der Waals surface area (Å²) in [7, 11) is 4.20. The van der Waals surface area contributed by atoms with Crippen LogP contribution in [0.5, 0.6) is 0 Å². The van der Waals surface area contributed by atoms with Crippen LogP contribution in [0.2, 0.25) is 0 Å². The molecule has 0 aromatic carbocycles. The fraction of sp³-hybridized carbons (Fsp3) is 0.769. The molecular weight excluding hydrogens is 246 g/mol. The third-order valence-electron chi connectivity index (χ3n) is 4.04. The molecule has 1 aliphatic heterocycles. The van der Waals surface area contributed by atoms with Crippen LogP contribution in [0, 0.1) is 0 Å². The first kappa shape index (κ1) is 12.4. The van der Waals surface area contributed by atoms with Gasteiger partial charge in [-0.3, -0.25) is 0 Å². The normalized spacial score (nSPS) is 27.2. The fourth-order valence-corrected chi connectivity index (χ4v) is 4.11. The number of thiazole rings is 1. The molecule has 2 aliphatic rings. The molecule has 0 saturated carbocycles. The van der Waals surface area contributed by atoms with Crippen LogP contribution in [0.1, 0.15) is 35.9 Å². The molecule has 1 aliphatic carbocycles. The molecule has 1 fully saturated rings. The van der Waals surface area contributed by atoms with Crippen molar-refractivity contribution in [3.05, 3.63) is 10.6 Å². The molecule has 4 nitrogen and oxygen atoms in total. The topological polar surface area (TPSA) is 37.4 Å². The summed E-state index contributed by atoms with van der Waals surface area (Å²) < 4.78 is 5.47. The highest BCUT2D eigenvalue weighted by molar-refractivity contribution is 7.15. The van der Waals surface area contributed by atoms with Gasteiger partial charge in [-0.05, 0) is 32.7 Å². The van der Waals surface area contributed by atoms with Gasteiger partial charge in [0.2, 0.25) is 0 Å². The maximum absolute atomic E-state index is 5.47. The molecule has 1 N–H and O–H groups in total. The Morgan fingerprint density at radius 1 is 1.44 bits per heavy atom. The zero-order chi connectivity index (χ0) is 12.5. The fourth-order valence-electron chi connectivity index (χ4n) is 2.82. The number of fused-ring (bicyclic) bond motifs is 1. The molecule has 0 spiro atoms. The molecule has 1 saturated heterocycles. The van der Waals surface area contributed by atoms with E-state index in [-0.39, 0.29) is 0 Å². The molecule has 0 amide bonds. The maximum Gasteiger partial charge on any atom is 0.185 e. The third-order valence-corrected chi connectivity index (χ3v) is 5.34. The number of anilines is 1. The van der Waals surface area contributed by atoms with Gasteiger partial charge in [0.25, 0.3) is 0 Å². The zero-order valence-electron chi connectivity index (χ0n) is 11.1. The Balaban J connectivity index is 1.83. The van der Waals surface area contributed by atoms with Crippen molar-refractivity contribution < 1.29 is 4.74 Å². The highest BCUT2D eigenvalue weighted by Crippen LogP contribution is 2.37. The van der Waals surface area contributed by atoms with Crippen molar-refractivity contribution in [3.63, 3.8) is 0 Å². The summed E-state index contributed by atoms with van der Waals surface area (Å²) in [5.74, 6) is 0. The Hall–Kier alpha value is -0.650. The van der Waals surface area contributed by atoms with Gasteiger partial charge >= 0.3 is 0 Å². The van der Waals surface area contributed by atoms with Crippen LogP contribution >= 0.6 is 11.3 Å². The standard InChI is InChI=1S/C13H21N3OS/c1-14-10-4-3-5-11-12(10)18-13(15-11)16(2)9-6-7-17-8-9/h9-10,14H,3-8H2,1-2H3. The first-order valence-electron chi connectivity index (χ1n) is 6.77. The Labute approximate surface area is 112 Å². The number of nitrogens with one attached hydrogen (secondary N) is 1. The van der Waals surface area contributed by atoms with E-state index >= 15 is 0 Å². The molecule has 3 rings (SSSR count). The van der Waals surface area contributed by atoms with Crippen molar-refractivity contribution in [2.45, 2.75) is 37.8 Å². The van der Waals surface area contributed by atoms with Crippen LogP contribution < -0.4 is 10.2 Å². The van der Waals surface area contributed by atoms with Gasteiger partial charge in [0.05, 0.1) is 18.3 Å². The Morgan fingerprint density at radius 3 is 3.06 bits per heavy atom. The summed E-state index contributed by atoms with van der Waals surface area (Å²) in [6.45, 7) is 1.73. The number of ether oxygens (including phenoxy) is 1. The lowest BCUT2D eigenvalue weighted by molar-refractivity contribution is 0.193. The van der Waals surface area contributed by atoms with E-state index in [1.807, 2.05) is 18.4 Å². The molecular formula is C13H21N3OS. The Bertz CT molecular complexity index is 414. The number of aromatic nitrogens is 1. The molecule has 18 heavy (non-hydrogen) atoms. The lowest BCUT2D eigenvalue weighted by Gasteiger charge is -2.22. The second-order valence-corrected chi connectivity index (χ2v) is 6.18. The van der Waals surface area contributed by atoms with Crippen molar-refractivity contribution in [1.82, 2.24) is 10.3 Å². The van der Waals surface area contributed by atoms with E-state index in [1.54, 1.807) is 0 Å². The first-order valence-corrected chi connectivity index (χ1v) is 7.58. The average Bonchev–Trinajstić information content (AvgIpc) is 3.05. The number of aryl methyl sites for hydroxylation is 1. The highest BCUT2D eigenvalue weighted by Gasteiger charge is 2.27. The minimum atomic E-state index is 0.505. The average molecular weight is 267 g/mol. The lowest BCUT2D eigenvalue weighted by atomic mass is 9.98. The van der Waals surface area contributed by atoms with Gasteiger partial charge in [-0.15, -0.1) is 0 Å². The molecule has 100 valence electrons. The SMILES string of the molecule is CNC1CCCc2nc(N(C)C3CCOC3)sc21. The van der Waals surface area contributed by atoms with Gasteiger partial charge in [0.1, 0.15) is 0 Å². The van der Waals surface area contributed by atoms with E-state index in [0.717, 1.165) is 31.2 Å². The maximum atomic E-state index is 5.47. The van der Waals surface area contributed by atoms with Crippen LogP contribution in [-0.2, 0) is 11.2 Å². The molecule has 1 aromatic heterocycles. The van der Waals surface area contributed by atoms with Crippen LogP contribution in [0.25, 0.3) is 0 Å². The Kier molecular flexibility index (Phi) is 3.54. The van der Waals surface area contributed by atoms with Crippen LogP contribution in [0.4, 0.5) is 5.13 Å². The summed E-state index contributed by atoms with van der Waals surface area (Å²) >= 11 is 1.86. The molecule has 2 atom stereocenters. The molecule has 5 heteroatoms. The predicted molar refractivity (Wildman–Crippen MR) is 74.5 cm³/mol. The monoisotopic (exact) mass is 267 g/mol. The van der Waals surface area contributed by atoms with Crippen molar-refractivity contribution in [1.29, 1.82) is 0 Å². The summed E-state index contributed by atoms with van der Waals surface area (Å²) in [4.78, 5) is 8.60. The van der Waals surface area contributed by atoms with Gasteiger partial charge in [-0.1, -0.05) is 11.3 Å². The van der Waals surface area contributed by atoms with Crippen LogP contribution in [-0.4, -0.2) is 38.3 Å². The van der Waals surface area contributed by atoms with Gasteiger partial charge < -0.3 is 15.0 Å². The third kappa shape index (κ3) is 2.15. The van der Waals surface area contributed by atoms with Gasteiger partial charge in [-0.25, -0.2) is 4.98 Å². The number of hydrogen-bond donors (Lipinski definition) is 1. The van der Waals surface area contributed by atoms with E-state index in [9.17, 15) is 0 Å². The summed E-state index contributed by atoms with van der Waals surface area (Å²) in [5, 5.41) is 4.57. The van der Waals surface area contributed by atoms with E-state index in [4.69, 9.17) is 9.72 Å². The summed E-state index contributed by atoms with van der Waals surface area (Å²) in [5.41, 5.74) is 1.31. The van der Waals surface area contributed by atoms with Gasteiger partial charge in [-0.2, -0.15) is 0 Å². The predicted octanol–water partition coefficient (Wildman–Crippen LogP) is 1.96. The second-order valence-electron chi connectivity index (χ2n) is 5.17. The molecule has 0 bridgehead atoms. The van der Waals surface area contributed by atoms with Crippen molar-refractivity contribution in [3.8, 4) is 0 Å². The number of hydrogen-bond acceptors (Lipinski definition) is 5. The van der Waals surface area contributed by atoms with Crippen LogP contribution in [0.15, 0.2) is 0 Å². The van der Waals surface area contributed by atoms with Crippen molar-refractivity contribution in [2.24, 2.45) is 0 Å². The van der Waals surface area contributed by atoms with E-state index in [0.29, 0.717) is 12.1 Å². The van der Waals surface area contributed by atoms with E-state index < -0.39 is 0 Å². The van der Waals surface area contributed by atoms with E-state index in [1.165, 1.54) is 23.4 Å². The smallest absolute Gasteiger partial charge is 0.185 e.